The topological polar surface area (TPSA) is 178 Å². The Morgan fingerprint density at radius 3 is 2.50 bits per heavy atom. The molecule has 1 aliphatic rings. The zero-order valence-corrected chi connectivity index (χ0v) is 22.5. The van der Waals surface area contributed by atoms with E-state index in [-0.39, 0.29) is 23.8 Å². The molecule has 1 aliphatic heterocycles. The molecule has 5 N–H and O–H groups in total. The molecule has 1 saturated heterocycles. The minimum Gasteiger partial charge on any atom is -0.463 e. The fourth-order valence-corrected chi connectivity index (χ4v) is 6.15. The van der Waals surface area contributed by atoms with Crippen molar-refractivity contribution < 1.29 is 37.4 Å². The van der Waals surface area contributed by atoms with Crippen molar-refractivity contribution in [3.63, 3.8) is 0 Å². The Labute approximate surface area is 219 Å². The van der Waals surface area contributed by atoms with Gasteiger partial charge in [0.1, 0.15) is 36.0 Å². The first-order chi connectivity index (χ1) is 17.8. The van der Waals surface area contributed by atoms with Crippen LogP contribution < -0.4 is 21.7 Å². The molecule has 1 aromatic carbocycles. The highest BCUT2D eigenvalue weighted by Gasteiger charge is 2.57. The first-order valence-electron chi connectivity index (χ1n) is 12.0. The molecule has 0 aliphatic carbocycles. The SMILES string of the molecule is CC(C)OC(=O)[C@H](C)CP(=O)(Oc1ccccc1)O[C@H](C)[C@H]1O[C@@H](n2ccc(N)nc2=O)C(N)(CF)[C@H]1O. The van der Waals surface area contributed by atoms with E-state index >= 15 is 0 Å². The van der Waals surface area contributed by atoms with Crippen molar-refractivity contribution in [1.82, 2.24) is 9.55 Å². The van der Waals surface area contributed by atoms with Crippen LogP contribution in [-0.4, -0.2) is 63.4 Å². The number of nitrogens with two attached hydrogens (primary N) is 2. The maximum Gasteiger partial charge on any atom is 0.380 e. The Morgan fingerprint density at radius 2 is 1.92 bits per heavy atom. The van der Waals surface area contributed by atoms with Gasteiger partial charge in [0.25, 0.3) is 0 Å². The van der Waals surface area contributed by atoms with Crippen LogP contribution in [0.25, 0.3) is 0 Å². The summed E-state index contributed by atoms with van der Waals surface area (Å²) in [5.41, 5.74) is 8.78. The second-order valence-electron chi connectivity index (χ2n) is 9.58. The number of ether oxygens (including phenoxy) is 2. The number of para-hydroxylation sites is 1. The minimum absolute atomic E-state index is 0.0648. The van der Waals surface area contributed by atoms with Crippen LogP contribution in [0.4, 0.5) is 10.2 Å². The van der Waals surface area contributed by atoms with Crippen LogP contribution in [-0.2, 0) is 23.4 Å². The molecule has 210 valence electrons. The maximum atomic E-state index is 14.2. The molecule has 7 atom stereocenters. The van der Waals surface area contributed by atoms with Gasteiger partial charge in [-0.3, -0.25) is 13.9 Å². The van der Waals surface area contributed by atoms with E-state index in [1.54, 1.807) is 44.2 Å². The van der Waals surface area contributed by atoms with Crippen molar-refractivity contribution in [1.29, 1.82) is 0 Å². The molecule has 2 aromatic rings. The summed E-state index contributed by atoms with van der Waals surface area (Å²) in [6, 6.07) is 9.47. The molecule has 14 heteroatoms. The van der Waals surface area contributed by atoms with Crippen LogP contribution >= 0.6 is 7.60 Å². The first-order valence-corrected chi connectivity index (χ1v) is 13.8. The van der Waals surface area contributed by atoms with E-state index in [1.807, 2.05) is 0 Å². The van der Waals surface area contributed by atoms with Crippen LogP contribution in [0.15, 0.2) is 47.4 Å². The number of alkyl halides is 1. The lowest BCUT2D eigenvalue weighted by atomic mass is 9.91. The number of rotatable bonds is 11. The van der Waals surface area contributed by atoms with Crippen LogP contribution in [0.3, 0.4) is 0 Å². The van der Waals surface area contributed by atoms with Crippen molar-refractivity contribution in [2.45, 2.75) is 63.9 Å². The Morgan fingerprint density at radius 1 is 1.26 bits per heavy atom. The van der Waals surface area contributed by atoms with Crippen LogP contribution in [0.2, 0.25) is 0 Å². The number of nitrogens with zero attached hydrogens (tertiary/aromatic N) is 2. The molecule has 0 spiro atoms. The Kier molecular flexibility index (Phi) is 9.32. The first kappa shape index (κ1) is 29.7. The number of carbonyl (C=O) groups is 1. The average Bonchev–Trinajstić information content (AvgIpc) is 3.10. The molecular formula is C24H34FN4O8P. The van der Waals surface area contributed by atoms with Gasteiger partial charge in [-0.15, -0.1) is 0 Å². The van der Waals surface area contributed by atoms with Gasteiger partial charge in [0.2, 0.25) is 0 Å². The number of aliphatic hydroxyl groups is 1. The van der Waals surface area contributed by atoms with Gasteiger partial charge < -0.3 is 30.6 Å². The molecule has 1 aromatic heterocycles. The summed E-state index contributed by atoms with van der Waals surface area (Å²) in [4.78, 5) is 28.4. The predicted molar refractivity (Wildman–Crippen MR) is 136 cm³/mol. The van der Waals surface area contributed by atoms with Gasteiger partial charge in [0, 0.05) is 6.20 Å². The van der Waals surface area contributed by atoms with Crippen molar-refractivity contribution in [3.8, 4) is 5.75 Å². The van der Waals surface area contributed by atoms with E-state index < -0.39 is 61.9 Å². The molecular weight excluding hydrogens is 522 g/mol. The van der Waals surface area contributed by atoms with E-state index in [2.05, 4.69) is 4.98 Å². The van der Waals surface area contributed by atoms with Gasteiger partial charge in [-0.1, -0.05) is 25.1 Å². The average molecular weight is 557 g/mol. The zero-order chi connectivity index (χ0) is 28.3. The molecule has 38 heavy (non-hydrogen) atoms. The second kappa shape index (κ2) is 11.9. The largest absolute Gasteiger partial charge is 0.463 e. The van der Waals surface area contributed by atoms with Gasteiger partial charge in [0.05, 0.1) is 24.3 Å². The Bertz CT molecular complexity index is 1220. The summed E-state index contributed by atoms with van der Waals surface area (Å²) in [5.74, 6) is -1.32. The molecule has 12 nitrogen and oxygen atoms in total. The number of carbonyl (C=O) groups excluding carboxylic acids is 1. The number of hydrogen-bond donors (Lipinski definition) is 3. The monoisotopic (exact) mass is 556 g/mol. The number of benzene rings is 1. The van der Waals surface area contributed by atoms with E-state index in [4.69, 9.17) is 30.0 Å². The summed E-state index contributed by atoms with van der Waals surface area (Å²) in [5, 5.41) is 11.0. The number of aromatic nitrogens is 2. The van der Waals surface area contributed by atoms with E-state index in [9.17, 15) is 23.7 Å². The maximum absolute atomic E-state index is 14.2. The quantitative estimate of drug-likeness (QED) is 0.272. The second-order valence-corrected chi connectivity index (χ2v) is 11.6. The summed E-state index contributed by atoms with van der Waals surface area (Å²) in [6.45, 7) is 5.05. The summed E-state index contributed by atoms with van der Waals surface area (Å²) >= 11 is 0. The molecule has 0 bridgehead atoms. The lowest BCUT2D eigenvalue weighted by Crippen LogP contribution is -2.58. The third-order valence-electron chi connectivity index (χ3n) is 5.97. The van der Waals surface area contributed by atoms with E-state index in [1.165, 1.54) is 26.1 Å². The van der Waals surface area contributed by atoms with Gasteiger partial charge >= 0.3 is 19.3 Å². The number of anilines is 1. The van der Waals surface area contributed by atoms with Crippen molar-refractivity contribution in [2.75, 3.05) is 18.6 Å². The van der Waals surface area contributed by atoms with Crippen molar-refractivity contribution >= 4 is 19.4 Å². The van der Waals surface area contributed by atoms with Gasteiger partial charge in [-0.2, -0.15) is 4.98 Å². The van der Waals surface area contributed by atoms with Crippen molar-refractivity contribution in [3.05, 3.63) is 53.1 Å². The molecule has 0 radical (unpaired) electrons. The summed E-state index contributed by atoms with van der Waals surface area (Å²) in [7, 11) is -4.11. The standard InChI is InChI=1S/C24H34FN4O8P/c1-14(2)34-21(31)15(3)12-38(33,37-17-8-6-5-7-9-17)36-16(4)19-20(30)24(27,13-25)22(35-19)29-11-10-18(26)28-23(29)32/h5-11,14-16,19-20,22,30H,12-13,27H2,1-4H3,(H2,26,28,32)/t15-,16-,19-,20+,22-,24?,38?/m1/s1. The molecule has 1 fully saturated rings. The van der Waals surface area contributed by atoms with Gasteiger partial charge in [-0.25, -0.2) is 13.8 Å². The number of halogens is 1. The fourth-order valence-electron chi connectivity index (χ4n) is 4.06. The predicted octanol–water partition coefficient (Wildman–Crippen LogP) is 2.02. The summed E-state index contributed by atoms with van der Waals surface area (Å²) in [6.07, 6.45) is -5.22. The molecule has 3 rings (SSSR count). The molecule has 2 unspecified atom stereocenters. The molecule has 0 saturated carbocycles. The third-order valence-corrected chi connectivity index (χ3v) is 8.11. The number of nitrogen functional groups attached to an aromatic ring is 1. The number of aliphatic hydroxyl groups excluding tert-OH is 1. The minimum atomic E-state index is -4.11. The van der Waals surface area contributed by atoms with E-state index in [0.717, 1.165) is 4.57 Å². The normalized spacial score (nSPS) is 26.5. The number of hydrogen-bond acceptors (Lipinski definition) is 11. The fraction of sp³-hybridized carbons (Fsp3) is 0.542. The zero-order valence-electron chi connectivity index (χ0n) is 21.6. The Hall–Kier alpha value is -2.83. The van der Waals surface area contributed by atoms with Crippen LogP contribution in [0, 0.1) is 5.92 Å². The van der Waals surface area contributed by atoms with Gasteiger partial charge in [-0.05, 0) is 39.0 Å². The van der Waals surface area contributed by atoms with Crippen LogP contribution in [0.1, 0.15) is 33.9 Å². The van der Waals surface area contributed by atoms with Crippen LogP contribution in [0.5, 0.6) is 5.75 Å². The number of esters is 1. The van der Waals surface area contributed by atoms with Gasteiger partial charge in [0.15, 0.2) is 6.23 Å². The molecule has 2 heterocycles. The highest BCUT2D eigenvalue weighted by Crippen LogP contribution is 2.52. The lowest BCUT2D eigenvalue weighted by Gasteiger charge is -2.31. The van der Waals surface area contributed by atoms with E-state index in [0.29, 0.717) is 0 Å². The highest BCUT2D eigenvalue weighted by atomic mass is 31.2. The third kappa shape index (κ3) is 6.59. The summed E-state index contributed by atoms with van der Waals surface area (Å²) < 4.78 is 51.7. The lowest BCUT2D eigenvalue weighted by molar-refractivity contribution is -0.151. The Balaban J connectivity index is 1.88. The van der Waals surface area contributed by atoms with Crippen molar-refractivity contribution in [2.24, 2.45) is 11.7 Å². The highest BCUT2D eigenvalue weighted by molar-refractivity contribution is 7.54. The molecule has 0 amide bonds. The smallest absolute Gasteiger partial charge is 0.380 e.